The van der Waals surface area contributed by atoms with Crippen molar-refractivity contribution in [2.45, 2.75) is 25.8 Å². The van der Waals surface area contributed by atoms with E-state index in [1.807, 2.05) is 6.20 Å². The normalized spacial score (nSPS) is 34.9. The van der Waals surface area contributed by atoms with Crippen molar-refractivity contribution >= 4 is 0 Å². The summed E-state index contributed by atoms with van der Waals surface area (Å²) in [5.74, 6) is 2.29. The molecule has 1 aliphatic heterocycles. The van der Waals surface area contributed by atoms with Crippen molar-refractivity contribution in [1.29, 1.82) is 0 Å². The second-order valence-electron chi connectivity index (χ2n) is 4.69. The Morgan fingerprint density at radius 2 is 2.14 bits per heavy atom. The maximum Gasteiger partial charge on any atom is 0.0504 e. The van der Waals surface area contributed by atoms with Gasteiger partial charge in [-0.25, -0.2) is 0 Å². The van der Waals surface area contributed by atoms with Crippen LogP contribution in [0.3, 0.4) is 0 Å². The van der Waals surface area contributed by atoms with E-state index in [4.69, 9.17) is 4.74 Å². The van der Waals surface area contributed by atoms with Crippen LogP contribution in [0.1, 0.15) is 31.5 Å². The highest BCUT2D eigenvalue weighted by Gasteiger charge is 2.55. The highest BCUT2D eigenvalue weighted by atomic mass is 16.5. The number of aromatic nitrogens is 2. The lowest BCUT2D eigenvalue weighted by Gasteiger charge is -2.12. The molecular weight excluding hydrogens is 176 g/mol. The molecule has 2 aliphatic rings. The molecule has 76 valence electrons. The first-order chi connectivity index (χ1) is 6.79. The molecule has 2 heterocycles. The van der Waals surface area contributed by atoms with Crippen molar-refractivity contribution in [2.75, 3.05) is 13.2 Å². The summed E-state index contributed by atoms with van der Waals surface area (Å²) < 4.78 is 7.56. The van der Waals surface area contributed by atoms with Crippen LogP contribution < -0.4 is 0 Å². The van der Waals surface area contributed by atoms with E-state index in [9.17, 15) is 0 Å². The molecule has 0 aromatic carbocycles. The van der Waals surface area contributed by atoms with Gasteiger partial charge in [-0.05, 0) is 31.7 Å². The minimum Gasteiger partial charge on any atom is -0.381 e. The Balaban J connectivity index is 1.87. The lowest BCUT2D eigenvalue weighted by molar-refractivity contribution is 0.159. The lowest BCUT2D eigenvalue weighted by atomic mass is 10.2. The van der Waals surface area contributed by atoms with E-state index in [2.05, 4.69) is 29.7 Å². The van der Waals surface area contributed by atoms with Crippen LogP contribution in [-0.2, 0) is 4.74 Å². The van der Waals surface area contributed by atoms with E-state index in [1.165, 1.54) is 5.69 Å². The molecule has 3 heteroatoms. The van der Waals surface area contributed by atoms with Gasteiger partial charge >= 0.3 is 0 Å². The van der Waals surface area contributed by atoms with Crippen LogP contribution in [0.15, 0.2) is 12.3 Å². The molecule has 3 atom stereocenters. The first-order valence-electron chi connectivity index (χ1n) is 5.40. The summed E-state index contributed by atoms with van der Waals surface area (Å²) in [6.45, 7) is 6.29. The topological polar surface area (TPSA) is 27.1 Å². The molecule has 1 aliphatic carbocycles. The van der Waals surface area contributed by atoms with Crippen LogP contribution in [0.4, 0.5) is 0 Å². The lowest BCUT2D eigenvalue weighted by Crippen LogP contribution is -2.09. The van der Waals surface area contributed by atoms with Crippen molar-refractivity contribution in [1.82, 2.24) is 9.78 Å². The zero-order valence-corrected chi connectivity index (χ0v) is 8.68. The second kappa shape index (κ2) is 2.83. The molecule has 1 saturated carbocycles. The Kier molecular flexibility index (Phi) is 1.71. The number of hydrogen-bond donors (Lipinski definition) is 0. The SMILES string of the molecule is CC(C)n1nccc1C1[C@H]2COC[C@@H]12. The van der Waals surface area contributed by atoms with E-state index in [0.717, 1.165) is 31.0 Å². The second-order valence-corrected chi connectivity index (χ2v) is 4.69. The maximum absolute atomic E-state index is 5.41. The number of hydrogen-bond acceptors (Lipinski definition) is 2. The van der Waals surface area contributed by atoms with Crippen LogP contribution in [-0.4, -0.2) is 23.0 Å². The third kappa shape index (κ3) is 1.05. The molecule has 14 heavy (non-hydrogen) atoms. The van der Waals surface area contributed by atoms with Crippen molar-refractivity contribution in [3.05, 3.63) is 18.0 Å². The van der Waals surface area contributed by atoms with E-state index >= 15 is 0 Å². The summed E-state index contributed by atoms with van der Waals surface area (Å²) in [6.07, 6.45) is 1.92. The highest BCUT2D eigenvalue weighted by Crippen LogP contribution is 2.57. The minimum absolute atomic E-state index is 0.474. The fraction of sp³-hybridized carbons (Fsp3) is 0.727. The van der Waals surface area contributed by atoms with Gasteiger partial charge in [-0.3, -0.25) is 4.68 Å². The number of ether oxygens (including phenoxy) is 1. The van der Waals surface area contributed by atoms with Crippen molar-refractivity contribution in [3.8, 4) is 0 Å². The Bertz CT molecular complexity index is 335. The molecule has 1 unspecified atom stereocenters. The fourth-order valence-electron chi connectivity index (χ4n) is 2.70. The molecule has 0 spiro atoms. The van der Waals surface area contributed by atoms with E-state index in [0.29, 0.717) is 6.04 Å². The first-order valence-corrected chi connectivity index (χ1v) is 5.40. The molecular formula is C11H16N2O. The minimum atomic E-state index is 0.474. The number of rotatable bonds is 2. The van der Waals surface area contributed by atoms with Crippen LogP contribution >= 0.6 is 0 Å². The van der Waals surface area contributed by atoms with Crippen LogP contribution in [0.25, 0.3) is 0 Å². The molecule has 2 fully saturated rings. The van der Waals surface area contributed by atoms with Crippen LogP contribution in [0.5, 0.6) is 0 Å². The average molecular weight is 192 g/mol. The van der Waals surface area contributed by atoms with Crippen molar-refractivity contribution in [3.63, 3.8) is 0 Å². The number of nitrogens with zero attached hydrogens (tertiary/aromatic N) is 2. The summed E-state index contributed by atoms with van der Waals surface area (Å²) >= 11 is 0. The van der Waals surface area contributed by atoms with E-state index in [1.54, 1.807) is 0 Å². The predicted octanol–water partition coefficient (Wildman–Crippen LogP) is 1.82. The zero-order chi connectivity index (χ0) is 9.71. The molecule has 3 rings (SSSR count). The highest BCUT2D eigenvalue weighted by molar-refractivity contribution is 5.23. The zero-order valence-electron chi connectivity index (χ0n) is 8.68. The van der Waals surface area contributed by atoms with Gasteiger partial charge in [0.05, 0.1) is 13.2 Å². The fourth-order valence-corrected chi connectivity index (χ4v) is 2.70. The van der Waals surface area contributed by atoms with Gasteiger partial charge in [-0.2, -0.15) is 5.10 Å². The third-order valence-electron chi connectivity index (χ3n) is 3.48. The smallest absolute Gasteiger partial charge is 0.0504 e. The quantitative estimate of drug-likeness (QED) is 0.714. The van der Waals surface area contributed by atoms with Crippen LogP contribution in [0.2, 0.25) is 0 Å². The van der Waals surface area contributed by atoms with Gasteiger partial charge in [0, 0.05) is 23.9 Å². The van der Waals surface area contributed by atoms with Crippen LogP contribution in [0, 0.1) is 11.8 Å². The Hall–Kier alpha value is -0.830. The number of fused-ring (bicyclic) bond motifs is 1. The molecule has 0 N–H and O–H groups in total. The Morgan fingerprint density at radius 1 is 1.43 bits per heavy atom. The summed E-state index contributed by atoms with van der Waals surface area (Å²) in [4.78, 5) is 0. The Morgan fingerprint density at radius 3 is 2.79 bits per heavy atom. The van der Waals surface area contributed by atoms with Gasteiger partial charge in [0.1, 0.15) is 0 Å². The molecule has 1 aromatic rings. The standard InChI is InChI=1S/C11H16N2O/c1-7(2)13-10(3-4-12-13)11-8-5-14-6-9(8)11/h3-4,7-9,11H,5-6H2,1-2H3/t8-,9+,11?. The maximum atomic E-state index is 5.41. The average Bonchev–Trinajstić information content (AvgIpc) is 2.63. The molecule has 1 saturated heterocycles. The van der Waals surface area contributed by atoms with E-state index in [-0.39, 0.29) is 0 Å². The monoisotopic (exact) mass is 192 g/mol. The Labute approximate surface area is 84.1 Å². The largest absolute Gasteiger partial charge is 0.381 e. The van der Waals surface area contributed by atoms with Crippen molar-refractivity contribution < 1.29 is 4.74 Å². The van der Waals surface area contributed by atoms with Gasteiger partial charge in [0.2, 0.25) is 0 Å². The summed E-state index contributed by atoms with van der Waals surface area (Å²) in [7, 11) is 0. The van der Waals surface area contributed by atoms with Gasteiger partial charge in [0.25, 0.3) is 0 Å². The molecule has 0 bridgehead atoms. The summed E-state index contributed by atoms with van der Waals surface area (Å²) in [5, 5.41) is 4.38. The van der Waals surface area contributed by atoms with E-state index < -0.39 is 0 Å². The third-order valence-corrected chi connectivity index (χ3v) is 3.48. The molecule has 0 amide bonds. The van der Waals surface area contributed by atoms with Gasteiger partial charge in [-0.15, -0.1) is 0 Å². The first kappa shape index (κ1) is 8.48. The van der Waals surface area contributed by atoms with Gasteiger partial charge in [0.15, 0.2) is 0 Å². The summed E-state index contributed by atoms with van der Waals surface area (Å²) in [5.41, 5.74) is 1.42. The molecule has 0 radical (unpaired) electrons. The predicted molar refractivity (Wildman–Crippen MR) is 53.2 cm³/mol. The van der Waals surface area contributed by atoms with Gasteiger partial charge < -0.3 is 4.74 Å². The van der Waals surface area contributed by atoms with Gasteiger partial charge in [-0.1, -0.05) is 0 Å². The molecule has 3 nitrogen and oxygen atoms in total. The molecule has 1 aromatic heterocycles. The summed E-state index contributed by atoms with van der Waals surface area (Å²) in [6, 6.07) is 2.64. The van der Waals surface area contributed by atoms with Crippen molar-refractivity contribution in [2.24, 2.45) is 11.8 Å².